The molecule has 1 aromatic heterocycles. The van der Waals surface area contributed by atoms with Gasteiger partial charge in [0.2, 0.25) is 0 Å². The normalized spacial score (nSPS) is 10.6. The molecule has 0 fully saturated rings. The van der Waals surface area contributed by atoms with E-state index in [1.807, 2.05) is 0 Å². The Bertz CT molecular complexity index is 753. The Hall–Kier alpha value is -2.50. The summed E-state index contributed by atoms with van der Waals surface area (Å²) in [5.74, 6) is -0.963. The number of nitrogens with one attached hydrogen (secondary N) is 1. The van der Waals surface area contributed by atoms with E-state index in [9.17, 15) is 14.0 Å². The summed E-state index contributed by atoms with van der Waals surface area (Å²) in [5, 5.41) is 8.68. The van der Waals surface area contributed by atoms with Crippen LogP contribution in [0.15, 0.2) is 23.0 Å². The minimum atomic E-state index is -0.966. The second-order valence-corrected chi connectivity index (χ2v) is 4.83. The molecule has 0 unspecified atom stereocenters. The standard InChI is InChI=1S/C15H15FN2O3/c1-8-7-10(16)3-4-11(8)14-17-9(2)12(15(21)18-14)5-6-13(19)20/h3-4,7H,5-6H2,1-2H3,(H,19,20)(H,17,18,21). The average Bonchev–Trinajstić information content (AvgIpc) is 2.37. The van der Waals surface area contributed by atoms with Crippen LogP contribution in [0, 0.1) is 19.7 Å². The highest BCUT2D eigenvalue weighted by atomic mass is 19.1. The first kappa shape index (κ1) is 14.9. The first-order valence-corrected chi connectivity index (χ1v) is 6.46. The van der Waals surface area contributed by atoms with Crippen molar-refractivity contribution in [3.63, 3.8) is 0 Å². The highest BCUT2D eigenvalue weighted by Crippen LogP contribution is 2.20. The van der Waals surface area contributed by atoms with Gasteiger partial charge in [-0.1, -0.05) is 0 Å². The molecule has 0 aliphatic carbocycles. The van der Waals surface area contributed by atoms with E-state index in [0.717, 1.165) is 0 Å². The lowest BCUT2D eigenvalue weighted by Crippen LogP contribution is -2.18. The number of halogens is 1. The molecule has 0 saturated heterocycles. The summed E-state index contributed by atoms with van der Waals surface area (Å²) < 4.78 is 13.1. The fraction of sp³-hybridized carbons (Fsp3) is 0.267. The minimum absolute atomic E-state index is 0.124. The number of benzene rings is 1. The number of aliphatic carboxylic acids is 1. The minimum Gasteiger partial charge on any atom is -0.481 e. The Labute approximate surface area is 120 Å². The molecular formula is C15H15FN2O3. The third kappa shape index (κ3) is 3.34. The monoisotopic (exact) mass is 290 g/mol. The van der Waals surface area contributed by atoms with Gasteiger partial charge in [-0.2, -0.15) is 0 Å². The Balaban J connectivity index is 2.44. The molecule has 1 aromatic carbocycles. The van der Waals surface area contributed by atoms with Crippen molar-refractivity contribution >= 4 is 5.97 Å². The van der Waals surface area contributed by atoms with E-state index in [-0.39, 0.29) is 24.2 Å². The predicted octanol–water partition coefficient (Wildman–Crippen LogP) is 2.21. The lowest BCUT2D eigenvalue weighted by Gasteiger charge is -2.08. The van der Waals surface area contributed by atoms with Crippen molar-refractivity contribution in [2.24, 2.45) is 0 Å². The highest BCUT2D eigenvalue weighted by molar-refractivity contribution is 5.67. The molecule has 0 amide bonds. The number of carboxylic acid groups (broad SMARTS) is 1. The largest absolute Gasteiger partial charge is 0.481 e. The number of rotatable bonds is 4. The van der Waals surface area contributed by atoms with Crippen molar-refractivity contribution in [1.82, 2.24) is 9.97 Å². The molecule has 21 heavy (non-hydrogen) atoms. The number of aromatic amines is 1. The van der Waals surface area contributed by atoms with E-state index in [1.54, 1.807) is 19.9 Å². The number of H-pyrrole nitrogens is 1. The van der Waals surface area contributed by atoms with Gasteiger partial charge < -0.3 is 10.1 Å². The van der Waals surface area contributed by atoms with Crippen LogP contribution in [0.25, 0.3) is 11.4 Å². The lowest BCUT2D eigenvalue weighted by atomic mass is 10.1. The van der Waals surface area contributed by atoms with Gasteiger partial charge >= 0.3 is 5.97 Å². The van der Waals surface area contributed by atoms with Gasteiger partial charge in [-0.15, -0.1) is 0 Å². The molecule has 0 radical (unpaired) electrons. The Kier molecular flexibility index (Phi) is 4.16. The maximum Gasteiger partial charge on any atom is 0.303 e. The second-order valence-electron chi connectivity index (χ2n) is 4.83. The van der Waals surface area contributed by atoms with E-state index in [1.165, 1.54) is 12.1 Å². The number of nitrogens with zero attached hydrogens (tertiary/aromatic N) is 1. The lowest BCUT2D eigenvalue weighted by molar-refractivity contribution is -0.136. The molecule has 0 saturated carbocycles. The summed E-state index contributed by atoms with van der Waals surface area (Å²) in [7, 11) is 0. The van der Waals surface area contributed by atoms with Crippen molar-refractivity contribution in [3.05, 3.63) is 51.2 Å². The van der Waals surface area contributed by atoms with Crippen LogP contribution in [0.4, 0.5) is 4.39 Å². The number of carbonyl (C=O) groups is 1. The van der Waals surface area contributed by atoms with Gasteiger partial charge in [0.05, 0.1) is 0 Å². The number of aryl methyl sites for hydroxylation is 2. The third-order valence-corrected chi connectivity index (χ3v) is 3.25. The van der Waals surface area contributed by atoms with Gasteiger partial charge in [-0.25, -0.2) is 9.37 Å². The summed E-state index contributed by atoms with van der Waals surface area (Å²) in [5.41, 5.74) is 1.79. The zero-order chi connectivity index (χ0) is 15.6. The number of hydrogen-bond donors (Lipinski definition) is 2. The van der Waals surface area contributed by atoms with Crippen molar-refractivity contribution in [2.45, 2.75) is 26.7 Å². The van der Waals surface area contributed by atoms with Crippen LogP contribution in [0.1, 0.15) is 23.2 Å². The van der Waals surface area contributed by atoms with Crippen molar-refractivity contribution in [1.29, 1.82) is 0 Å². The summed E-state index contributed by atoms with van der Waals surface area (Å²) in [6.07, 6.45) is 0.00665. The fourth-order valence-corrected chi connectivity index (χ4v) is 2.16. The van der Waals surface area contributed by atoms with E-state index in [2.05, 4.69) is 9.97 Å². The molecule has 0 aliphatic rings. The van der Waals surface area contributed by atoms with Crippen LogP contribution in [0.2, 0.25) is 0 Å². The fourth-order valence-electron chi connectivity index (χ4n) is 2.16. The average molecular weight is 290 g/mol. The quantitative estimate of drug-likeness (QED) is 0.904. The molecule has 2 N–H and O–H groups in total. The maximum atomic E-state index is 13.1. The molecule has 5 nitrogen and oxygen atoms in total. The topological polar surface area (TPSA) is 83.0 Å². The maximum absolute atomic E-state index is 13.1. The number of hydrogen-bond acceptors (Lipinski definition) is 3. The molecule has 1 heterocycles. The van der Waals surface area contributed by atoms with Gasteiger partial charge in [0, 0.05) is 23.2 Å². The molecule has 0 aliphatic heterocycles. The molecule has 0 bridgehead atoms. The molecule has 2 aromatic rings. The van der Waals surface area contributed by atoms with Crippen LogP contribution in [-0.4, -0.2) is 21.0 Å². The molecule has 0 atom stereocenters. The van der Waals surface area contributed by atoms with Crippen LogP contribution in [0.5, 0.6) is 0 Å². The second kappa shape index (κ2) is 5.87. The first-order chi connectivity index (χ1) is 9.88. The molecule has 2 rings (SSSR count). The number of carboxylic acids is 1. The van der Waals surface area contributed by atoms with Gasteiger partial charge in [0.25, 0.3) is 5.56 Å². The SMILES string of the molecule is Cc1cc(F)ccc1-c1nc(C)c(CCC(=O)O)c(=O)[nH]1. The van der Waals surface area contributed by atoms with Crippen LogP contribution in [-0.2, 0) is 11.2 Å². The summed E-state index contributed by atoms with van der Waals surface area (Å²) in [6, 6.07) is 4.22. The molecule has 6 heteroatoms. The molecular weight excluding hydrogens is 275 g/mol. The smallest absolute Gasteiger partial charge is 0.303 e. The predicted molar refractivity (Wildman–Crippen MR) is 75.7 cm³/mol. The zero-order valence-corrected chi connectivity index (χ0v) is 11.7. The van der Waals surface area contributed by atoms with E-state index in [0.29, 0.717) is 28.2 Å². The Morgan fingerprint density at radius 2 is 2.10 bits per heavy atom. The highest BCUT2D eigenvalue weighted by Gasteiger charge is 2.12. The van der Waals surface area contributed by atoms with Gasteiger partial charge in [-0.3, -0.25) is 9.59 Å². The summed E-state index contributed by atoms with van der Waals surface area (Å²) >= 11 is 0. The third-order valence-electron chi connectivity index (χ3n) is 3.25. The van der Waals surface area contributed by atoms with Gasteiger partial charge in [-0.05, 0) is 44.0 Å². The summed E-state index contributed by atoms with van der Waals surface area (Å²) in [4.78, 5) is 29.6. The molecule has 0 spiro atoms. The Morgan fingerprint density at radius 3 is 2.67 bits per heavy atom. The van der Waals surface area contributed by atoms with Gasteiger partial charge in [0.1, 0.15) is 11.6 Å². The number of aromatic nitrogens is 2. The van der Waals surface area contributed by atoms with Gasteiger partial charge in [0.15, 0.2) is 0 Å². The Morgan fingerprint density at radius 1 is 1.38 bits per heavy atom. The zero-order valence-electron chi connectivity index (χ0n) is 11.7. The van der Waals surface area contributed by atoms with E-state index < -0.39 is 5.97 Å². The van der Waals surface area contributed by atoms with E-state index in [4.69, 9.17) is 5.11 Å². The van der Waals surface area contributed by atoms with Crippen molar-refractivity contribution < 1.29 is 14.3 Å². The molecule has 110 valence electrons. The van der Waals surface area contributed by atoms with Crippen LogP contribution < -0.4 is 5.56 Å². The van der Waals surface area contributed by atoms with E-state index >= 15 is 0 Å². The van der Waals surface area contributed by atoms with Crippen LogP contribution >= 0.6 is 0 Å². The first-order valence-electron chi connectivity index (χ1n) is 6.46. The summed E-state index contributed by atoms with van der Waals surface area (Å²) in [6.45, 7) is 3.39. The van der Waals surface area contributed by atoms with Crippen LogP contribution in [0.3, 0.4) is 0 Å². The van der Waals surface area contributed by atoms with Crippen molar-refractivity contribution in [3.8, 4) is 11.4 Å². The van der Waals surface area contributed by atoms with Crippen molar-refractivity contribution in [2.75, 3.05) is 0 Å².